The van der Waals surface area contributed by atoms with Crippen LogP contribution in [0.2, 0.25) is 0 Å². The van der Waals surface area contributed by atoms with E-state index in [1.807, 2.05) is 71.6 Å². The Morgan fingerprint density at radius 1 is 0.825 bits per heavy atom. The molecule has 4 aromatic carbocycles. The zero-order valence-electron chi connectivity index (χ0n) is 22.4. The van der Waals surface area contributed by atoms with E-state index in [-0.39, 0.29) is 18.2 Å². The zero-order chi connectivity index (χ0) is 27.7. The van der Waals surface area contributed by atoms with E-state index in [2.05, 4.69) is 35.0 Å². The molecular weight excluding hydrogens is 498 g/mol. The largest absolute Gasteiger partial charge is 0.490 e. The normalized spacial score (nSPS) is 14.7. The third-order valence-corrected chi connectivity index (χ3v) is 6.91. The molecule has 1 atom stereocenters. The number of ether oxygens (including phenoxy) is 1. The van der Waals surface area contributed by atoms with Crippen LogP contribution in [-0.4, -0.2) is 25.0 Å². The van der Waals surface area contributed by atoms with Gasteiger partial charge in [0.05, 0.1) is 23.8 Å². The second kappa shape index (κ2) is 12.8. The summed E-state index contributed by atoms with van der Waals surface area (Å²) in [6, 6.07) is 35.4. The molecular formula is C34H33N3O3. The number of nitrogens with one attached hydrogen (secondary N) is 1. The Morgan fingerprint density at radius 3 is 2.08 bits per heavy atom. The molecule has 0 spiro atoms. The van der Waals surface area contributed by atoms with E-state index in [0.29, 0.717) is 37.7 Å². The van der Waals surface area contributed by atoms with Crippen molar-refractivity contribution in [1.82, 2.24) is 0 Å². The first-order valence-electron chi connectivity index (χ1n) is 13.5. The summed E-state index contributed by atoms with van der Waals surface area (Å²) in [7, 11) is 0. The molecule has 0 radical (unpaired) electrons. The third-order valence-electron chi connectivity index (χ3n) is 6.91. The highest BCUT2D eigenvalue weighted by Crippen LogP contribution is 2.37. The van der Waals surface area contributed by atoms with Gasteiger partial charge in [0, 0.05) is 25.2 Å². The molecule has 0 saturated carbocycles. The van der Waals surface area contributed by atoms with Gasteiger partial charge < -0.3 is 19.9 Å². The molecule has 1 heterocycles. The Morgan fingerprint density at radius 2 is 1.43 bits per heavy atom. The van der Waals surface area contributed by atoms with Gasteiger partial charge in [0.1, 0.15) is 12.4 Å². The minimum Gasteiger partial charge on any atom is -0.490 e. The highest BCUT2D eigenvalue weighted by atomic mass is 16.5. The number of hydrogen-bond acceptors (Lipinski definition) is 4. The lowest BCUT2D eigenvalue weighted by atomic mass is 10.0. The van der Waals surface area contributed by atoms with Crippen molar-refractivity contribution in [2.24, 2.45) is 5.92 Å². The number of anilines is 3. The number of carbonyl (C=O) groups is 2. The zero-order valence-corrected chi connectivity index (χ0v) is 22.4. The molecule has 1 unspecified atom stereocenters. The van der Waals surface area contributed by atoms with Crippen molar-refractivity contribution in [2.45, 2.75) is 19.5 Å². The highest BCUT2D eigenvalue weighted by molar-refractivity contribution is 6.03. The standard InChI is InChI=1S/C34H33N3O3/c1-2-21-40-30-19-17-29(18-20-30)35-33(38)22-28-25-36(23-26-11-5-3-6-12-26)31-15-9-10-16-32(31)37(34(28)39)24-27-13-7-4-8-14-27/h2-20,28H,1,21-25H2,(H,35,38). The van der Waals surface area contributed by atoms with Crippen molar-refractivity contribution in [3.05, 3.63) is 133 Å². The molecule has 1 aliphatic rings. The maximum Gasteiger partial charge on any atom is 0.232 e. The lowest BCUT2D eigenvalue weighted by Crippen LogP contribution is -2.39. The molecule has 4 aromatic rings. The smallest absolute Gasteiger partial charge is 0.232 e. The maximum absolute atomic E-state index is 14.1. The lowest BCUT2D eigenvalue weighted by molar-refractivity contribution is -0.126. The number of amides is 2. The summed E-state index contributed by atoms with van der Waals surface area (Å²) in [5.41, 5.74) is 4.66. The van der Waals surface area contributed by atoms with Crippen LogP contribution >= 0.6 is 0 Å². The molecule has 0 saturated heterocycles. The lowest BCUT2D eigenvalue weighted by Gasteiger charge is -2.27. The molecule has 1 N–H and O–H groups in total. The molecule has 1 aliphatic heterocycles. The first kappa shape index (κ1) is 26.8. The monoisotopic (exact) mass is 531 g/mol. The van der Waals surface area contributed by atoms with Crippen LogP contribution in [0.15, 0.2) is 122 Å². The number of carbonyl (C=O) groups excluding carboxylic acids is 2. The van der Waals surface area contributed by atoms with E-state index in [1.54, 1.807) is 30.3 Å². The van der Waals surface area contributed by atoms with E-state index in [4.69, 9.17) is 4.74 Å². The Labute approximate surface area is 235 Å². The maximum atomic E-state index is 14.1. The summed E-state index contributed by atoms with van der Waals surface area (Å²) in [6.07, 6.45) is 1.75. The summed E-state index contributed by atoms with van der Waals surface area (Å²) in [6.45, 7) is 5.56. The van der Waals surface area contributed by atoms with E-state index in [1.165, 1.54) is 0 Å². The molecule has 0 bridgehead atoms. The van der Waals surface area contributed by atoms with Gasteiger partial charge >= 0.3 is 0 Å². The predicted octanol–water partition coefficient (Wildman–Crippen LogP) is 6.45. The Balaban J connectivity index is 1.41. The average Bonchev–Trinajstić information content (AvgIpc) is 3.09. The molecule has 0 aliphatic carbocycles. The Bertz CT molecular complexity index is 1440. The van der Waals surface area contributed by atoms with E-state index < -0.39 is 5.92 Å². The van der Waals surface area contributed by atoms with Gasteiger partial charge in [-0.2, -0.15) is 0 Å². The van der Waals surface area contributed by atoms with Gasteiger partial charge in [-0.3, -0.25) is 9.59 Å². The van der Waals surface area contributed by atoms with Crippen LogP contribution in [0.4, 0.5) is 17.1 Å². The van der Waals surface area contributed by atoms with Crippen molar-refractivity contribution in [2.75, 3.05) is 28.3 Å². The number of hydrogen-bond donors (Lipinski definition) is 1. The number of nitrogens with zero attached hydrogens (tertiary/aromatic N) is 2. The minimum absolute atomic E-state index is 0.0600. The fraction of sp³-hybridized carbons (Fsp3) is 0.176. The summed E-state index contributed by atoms with van der Waals surface area (Å²) in [4.78, 5) is 31.4. The van der Waals surface area contributed by atoms with Crippen molar-refractivity contribution in [1.29, 1.82) is 0 Å². The fourth-order valence-electron chi connectivity index (χ4n) is 5.00. The fourth-order valence-corrected chi connectivity index (χ4v) is 5.00. The summed E-state index contributed by atoms with van der Waals surface area (Å²) >= 11 is 0. The van der Waals surface area contributed by atoms with Crippen LogP contribution in [-0.2, 0) is 22.7 Å². The molecule has 0 fully saturated rings. The van der Waals surface area contributed by atoms with Crippen LogP contribution in [0.5, 0.6) is 5.75 Å². The second-order valence-corrected chi connectivity index (χ2v) is 9.84. The van der Waals surface area contributed by atoms with E-state index in [9.17, 15) is 9.59 Å². The first-order valence-corrected chi connectivity index (χ1v) is 13.5. The first-order chi connectivity index (χ1) is 19.6. The number of para-hydroxylation sites is 2. The summed E-state index contributed by atoms with van der Waals surface area (Å²) in [5, 5.41) is 2.96. The second-order valence-electron chi connectivity index (χ2n) is 9.84. The molecule has 0 aromatic heterocycles. The summed E-state index contributed by atoms with van der Waals surface area (Å²) in [5.74, 6) is -0.101. The van der Waals surface area contributed by atoms with Gasteiger partial charge in [0.2, 0.25) is 11.8 Å². The van der Waals surface area contributed by atoms with Crippen molar-refractivity contribution >= 4 is 28.9 Å². The van der Waals surface area contributed by atoms with Crippen LogP contribution in [0.3, 0.4) is 0 Å². The molecule has 202 valence electrons. The third kappa shape index (κ3) is 6.59. The minimum atomic E-state index is -0.532. The van der Waals surface area contributed by atoms with Gasteiger partial charge in [-0.15, -0.1) is 0 Å². The number of benzene rings is 4. The topological polar surface area (TPSA) is 61.9 Å². The molecule has 6 heteroatoms. The number of rotatable bonds is 10. The van der Waals surface area contributed by atoms with Gasteiger partial charge in [-0.25, -0.2) is 0 Å². The van der Waals surface area contributed by atoms with Gasteiger partial charge in [-0.05, 0) is 47.5 Å². The number of fused-ring (bicyclic) bond motifs is 1. The molecule has 6 nitrogen and oxygen atoms in total. The predicted molar refractivity (Wildman–Crippen MR) is 160 cm³/mol. The van der Waals surface area contributed by atoms with Crippen LogP contribution in [0.1, 0.15) is 17.5 Å². The van der Waals surface area contributed by atoms with Crippen LogP contribution in [0.25, 0.3) is 0 Å². The van der Waals surface area contributed by atoms with E-state index >= 15 is 0 Å². The van der Waals surface area contributed by atoms with Crippen molar-refractivity contribution in [3.63, 3.8) is 0 Å². The van der Waals surface area contributed by atoms with Gasteiger partial charge in [0.15, 0.2) is 0 Å². The van der Waals surface area contributed by atoms with Gasteiger partial charge in [-0.1, -0.05) is 85.5 Å². The molecule has 2 amide bonds. The molecule has 5 rings (SSSR count). The van der Waals surface area contributed by atoms with Crippen molar-refractivity contribution in [3.8, 4) is 5.75 Å². The highest BCUT2D eigenvalue weighted by Gasteiger charge is 2.35. The Kier molecular flexibility index (Phi) is 8.57. The van der Waals surface area contributed by atoms with Crippen LogP contribution in [0, 0.1) is 5.92 Å². The van der Waals surface area contributed by atoms with Crippen molar-refractivity contribution < 1.29 is 14.3 Å². The van der Waals surface area contributed by atoms with Gasteiger partial charge in [0.25, 0.3) is 0 Å². The van der Waals surface area contributed by atoms with Crippen LogP contribution < -0.4 is 19.9 Å². The van der Waals surface area contributed by atoms with E-state index in [0.717, 1.165) is 22.5 Å². The summed E-state index contributed by atoms with van der Waals surface area (Å²) < 4.78 is 5.53. The quantitative estimate of drug-likeness (QED) is 0.239. The Hall–Kier alpha value is -4.84. The average molecular weight is 532 g/mol. The molecule has 40 heavy (non-hydrogen) atoms. The SMILES string of the molecule is C=CCOc1ccc(NC(=O)CC2CN(Cc3ccccc3)c3ccccc3N(Cc3ccccc3)C2=O)cc1.